The molecule has 0 N–H and O–H groups in total. The molecule has 2 aromatic carbocycles. The van der Waals surface area contributed by atoms with Crippen molar-refractivity contribution >= 4 is 0 Å². The normalized spacial score (nSPS) is 23.3. The third kappa shape index (κ3) is 4.17. The Labute approximate surface area is 166 Å². The van der Waals surface area contributed by atoms with Gasteiger partial charge in [-0.3, -0.25) is 0 Å². The molecule has 0 bridgehead atoms. The maximum absolute atomic E-state index is 13.7. The predicted octanol–water partition coefficient (Wildman–Crippen LogP) is 8.03. The first-order valence-corrected chi connectivity index (χ1v) is 9.76. The number of halogens is 6. The largest absolute Gasteiger partial charge is 0.416 e. The van der Waals surface area contributed by atoms with Gasteiger partial charge in [0.1, 0.15) is 0 Å². The number of hydrogen-bond donors (Lipinski definition) is 0. The molecule has 1 aliphatic rings. The average Bonchev–Trinajstić information content (AvgIpc) is 2.61. The van der Waals surface area contributed by atoms with Crippen LogP contribution >= 0.6 is 0 Å². The van der Waals surface area contributed by atoms with Gasteiger partial charge in [-0.15, -0.1) is 0 Å². The van der Waals surface area contributed by atoms with Crippen molar-refractivity contribution < 1.29 is 26.3 Å². The first-order valence-electron chi connectivity index (χ1n) is 9.76. The maximum Gasteiger partial charge on any atom is 0.416 e. The van der Waals surface area contributed by atoms with Crippen LogP contribution in [0.25, 0.3) is 0 Å². The fourth-order valence-corrected chi connectivity index (χ4v) is 5.02. The smallest absolute Gasteiger partial charge is 0.166 e. The second-order valence-electron chi connectivity index (χ2n) is 8.07. The first-order chi connectivity index (χ1) is 13.4. The van der Waals surface area contributed by atoms with E-state index in [0.29, 0.717) is 30.4 Å². The molecular formula is C23H24F6. The molecule has 6 heteroatoms. The fourth-order valence-electron chi connectivity index (χ4n) is 5.02. The van der Waals surface area contributed by atoms with Gasteiger partial charge in [0, 0.05) is 0 Å². The van der Waals surface area contributed by atoms with E-state index < -0.39 is 35.3 Å². The molecular weight excluding hydrogens is 390 g/mol. The molecule has 0 radical (unpaired) electrons. The Morgan fingerprint density at radius 1 is 0.690 bits per heavy atom. The lowest BCUT2D eigenvalue weighted by Crippen LogP contribution is -2.28. The summed E-state index contributed by atoms with van der Waals surface area (Å²) < 4.78 is 82.0. The zero-order valence-corrected chi connectivity index (χ0v) is 16.6. The zero-order valence-electron chi connectivity index (χ0n) is 16.6. The summed E-state index contributed by atoms with van der Waals surface area (Å²) in [6.45, 7) is 5.10. The van der Waals surface area contributed by atoms with Crippen molar-refractivity contribution in [1.82, 2.24) is 0 Å². The highest BCUT2D eigenvalue weighted by Crippen LogP contribution is 2.51. The van der Waals surface area contributed by atoms with Crippen LogP contribution in [0.1, 0.15) is 71.4 Å². The molecule has 0 aromatic heterocycles. The van der Waals surface area contributed by atoms with Crippen LogP contribution in [0, 0.1) is 19.8 Å². The van der Waals surface area contributed by atoms with Gasteiger partial charge in [-0.2, -0.15) is 26.3 Å². The van der Waals surface area contributed by atoms with E-state index in [9.17, 15) is 26.3 Å². The van der Waals surface area contributed by atoms with Gasteiger partial charge in [0.2, 0.25) is 0 Å². The van der Waals surface area contributed by atoms with Crippen molar-refractivity contribution in [3.8, 4) is 0 Å². The van der Waals surface area contributed by atoms with Crippen LogP contribution in [0.3, 0.4) is 0 Å². The molecule has 0 saturated heterocycles. The second-order valence-corrected chi connectivity index (χ2v) is 8.07. The van der Waals surface area contributed by atoms with Gasteiger partial charge >= 0.3 is 12.4 Å². The first kappa shape index (κ1) is 21.7. The van der Waals surface area contributed by atoms with Gasteiger partial charge in [0.15, 0.2) is 0 Å². The molecule has 0 amide bonds. The highest BCUT2D eigenvalue weighted by molar-refractivity contribution is 5.43. The van der Waals surface area contributed by atoms with Crippen molar-refractivity contribution in [2.24, 2.45) is 5.92 Å². The Hall–Kier alpha value is -1.98. The van der Waals surface area contributed by atoms with Gasteiger partial charge in [0.25, 0.3) is 0 Å². The lowest BCUT2D eigenvalue weighted by atomic mass is 9.65. The van der Waals surface area contributed by atoms with E-state index in [-0.39, 0.29) is 17.0 Å². The van der Waals surface area contributed by atoms with Gasteiger partial charge in [-0.05, 0) is 78.8 Å². The summed E-state index contributed by atoms with van der Waals surface area (Å²) in [6.07, 6.45) is -7.31. The van der Waals surface area contributed by atoms with Crippen LogP contribution < -0.4 is 0 Å². The summed E-state index contributed by atoms with van der Waals surface area (Å²) in [7, 11) is 0. The van der Waals surface area contributed by atoms with Gasteiger partial charge in [0.05, 0.1) is 11.1 Å². The number of hydrogen-bond acceptors (Lipinski definition) is 0. The van der Waals surface area contributed by atoms with Crippen LogP contribution in [0.5, 0.6) is 0 Å². The van der Waals surface area contributed by atoms with Crippen molar-refractivity contribution in [2.75, 3.05) is 0 Å². The SMILES string of the molecule is Cc1cccc(C(F)(F)F)c1C1CCCC(c2c(C)cccc2C(F)(F)F)C1C. The van der Waals surface area contributed by atoms with Crippen molar-refractivity contribution in [3.63, 3.8) is 0 Å². The summed E-state index contributed by atoms with van der Waals surface area (Å²) >= 11 is 0. The van der Waals surface area contributed by atoms with E-state index in [1.807, 2.05) is 0 Å². The summed E-state index contributed by atoms with van der Waals surface area (Å²) in [5.74, 6) is -1.22. The standard InChI is InChI=1S/C23H24F6/c1-13-7-4-11-18(22(24,25)26)20(13)16-9-6-10-17(15(16)3)21-14(2)8-5-12-19(21)23(27,28)29/h4-5,7-8,11-12,15-17H,6,9-10H2,1-3H3. The summed E-state index contributed by atoms with van der Waals surface area (Å²) in [4.78, 5) is 0. The zero-order chi connectivity index (χ0) is 21.6. The molecule has 1 aliphatic carbocycles. The lowest BCUT2D eigenvalue weighted by molar-refractivity contribution is -0.139. The maximum atomic E-state index is 13.7. The van der Waals surface area contributed by atoms with Crippen LogP contribution in [0.15, 0.2) is 36.4 Å². The Morgan fingerprint density at radius 2 is 1.07 bits per heavy atom. The summed E-state index contributed by atoms with van der Waals surface area (Å²) in [5.41, 5.74) is 0.210. The van der Waals surface area contributed by atoms with Gasteiger partial charge in [-0.1, -0.05) is 37.6 Å². The Kier molecular flexibility index (Phi) is 5.76. The molecule has 1 saturated carbocycles. The van der Waals surface area contributed by atoms with E-state index in [2.05, 4.69) is 0 Å². The third-order valence-corrected chi connectivity index (χ3v) is 6.30. The molecule has 29 heavy (non-hydrogen) atoms. The Balaban J connectivity index is 2.11. The van der Waals surface area contributed by atoms with E-state index in [4.69, 9.17) is 0 Å². The summed E-state index contributed by atoms with van der Waals surface area (Å²) in [6, 6.07) is 8.22. The monoisotopic (exact) mass is 414 g/mol. The van der Waals surface area contributed by atoms with E-state index in [1.165, 1.54) is 12.1 Å². The van der Waals surface area contributed by atoms with Crippen molar-refractivity contribution in [1.29, 1.82) is 0 Å². The highest BCUT2D eigenvalue weighted by Gasteiger charge is 2.43. The quantitative estimate of drug-likeness (QED) is 0.436. The Morgan fingerprint density at radius 3 is 1.41 bits per heavy atom. The Bertz CT molecular complexity index is 806. The number of alkyl halides is 6. The van der Waals surface area contributed by atoms with E-state index in [0.717, 1.165) is 12.1 Å². The van der Waals surface area contributed by atoms with Crippen LogP contribution in [0.4, 0.5) is 26.3 Å². The topological polar surface area (TPSA) is 0 Å². The minimum absolute atomic E-state index is 0.236. The van der Waals surface area contributed by atoms with Crippen molar-refractivity contribution in [3.05, 3.63) is 69.8 Å². The van der Waals surface area contributed by atoms with Gasteiger partial charge in [-0.25, -0.2) is 0 Å². The molecule has 2 aromatic rings. The number of rotatable bonds is 2. The molecule has 2 unspecified atom stereocenters. The second kappa shape index (κ2) is 7.69. The van der Waals surface area contributed by atoms with Gasteiger partial charge < -0.3 is 0 Å². The van der Waals surface area contributed by atoms with Crippen LogP contribution in [0.2, 0.25) is 0 Å². The minimum Gasteiger partial charge on any atom is -0.166 e. The van der Waals surface area contributed by atoms with Crippen LogP contribution in [-0.4, -0.2) is 0 Å². The summed E-state index contributed by atoms with van der Waals surface area (Å²) in [5, 5.41) is 0. The van der Waals surface area contributed by atoms with Crippen LogP contribution in [-0.2, 0) is 12.4 Å². The van der Waals surface area contributed by atoms with E-state index in [1.54, 1.807) is 32.9 Å². The number of benzene rings is 2. The minimum atomic E-state index is -4.49. The average molecular weight is 414 g/mol. The third-order valence-electron chi connectivity index (χ3n) is 6.30. The number of aryl methyl sites for hydroxylation is 2. The molecule has 158 valence electrons. The molecule has 0 spiro atoms. The molecule has 2 atom stereocenters. The van der Waals surface area contributed by atoms with Crippen molar-refractivity contribution in [2.45, 2.75) is 64.2 Å². The highest BCUT2D eigenvalue weighted by atomic mass is 19.4. The molecule has 1 fully saturated rings. The molecule has 0 heterocycles. The fraction of sp³-hybridized carbons (Fsp3) is 0.478. The molecule has 0 nitrogen and oxygen atoms in total. The predicted molar refractivity (Wildman–Crippen MR) is 101 cm³/mol. The van der Waals surface area contributed by atoms with E-state index >= 15 is 0 Å². The molecule has 3 rings (SSSR count). The lowest BCUT2D eigenvalue weighted by Gasteiger charge is -2.40. The molecule has 0 aliphatic heterocycles.